The Balaban J connectivity index is 3.21. The van der Waals surface area contributed by atoms with Crippen molar-refractivity contribution < 1.29 is 9.84 Å². The Morgan fingerprint density at radius 3 is 2.86 bits per heavy atom. The van der Waals surface area contributed by atoms with Crippen LogP contribution in [0.3, 0.4) is 0 Å². The SMILES string of the molecule is CCC(CC#N)NCCCOCCO. The van der Waals surface area contributed by atoms with Gasteiger partial charge in [-0.25, -0.2) is 0 Å². The van der Waals surface area contributed by atoms with Gasteiger partial charge < -0.3 is 15.2 Å². The van der Waals surface area contributed by atoms with E-state index in [-0.39, 0.29) is 6.61 Å². The summed E-state index contributed by atoms with van der Waals surface area (Å²) in [7, 11) is 0. The number of ether oxygens (including phenoxy) is 1. The second-order valence-corrected chi connectivity index (χ2v) is 3.11. The van der Waals surface area contributed by atoms with E-state index in [0.29, 0.717) is 25.7 Å². The molecule has 4 heteroatoms. The summed E-state index contributed by atoms with van der Waals surface area (Å²) in [5.74, 6) is 0. The first kappa shape index (κ1) is 13.4. The highest BCUT2D eigenvalue weighted by atomic mass is 16.5. The van der Waals surface area contributed by atoms with E-state index < -0.39 is 0 Å². The Labute approximate surface area is 85.9 Å². The molecule has 0 saturated carbocycles. The predicted octanol–water partition coefficient (Wildman–Crippen LogP) is 0.667. The van der Waals surface area contributed by atoms with Gasteiger partial charge in [0, 0.05) is 12.6 Å². The van der Waals surface area contributed by atoms with Gasteiger partial charge in [-0.1, -0.05) is 6.92 Å². The van der Waals surface area contributed by atoms with E-state index in [4.69, 9.17) is 15.1 Å². The average Bonchev–Trinajstić information content (AvgIpc) is 2.21. The summed E-state index contributed by atoms with van der Waals surface area (Å²) in [6, 6.07) is 2.46. The van der Waals surface area contributed by atoms with Gasteiger partial charge in [-0.15, -0.1) is 0 Å². The van der Waals surface area contributed by atoms with Gasteiger partial charge in [0.25, 0.3) is 0 Å². The number of nitrogens with zero attached hydrogens (tertiary/aromatic N) is 1. The van der Waals surface area contributed by atoms with Crippen molar-refractivity contribution in [3.8, 4) is 6.07 Å². The summed E-state index contributed by atoms with van der Waals surface area (Å²) in [5.41, 5.74) is 0. The van der Waals surface area contributed by atoms with Crippen molar-refractivity contribution in [2.24, 2.45) is 0 Å². The third kappa shape index (κ3) is 7.99. The molecule has 0 radical (unpaired) electrons. The van der Waals surface area contributed by atoms with Gasteiger partial charge in [-0.3, -0.25) is 0 Å². The molecule has 1 unspecified atom stereocenters. The highest BCUT2D eigenvalue weighted by Crippen LogP contribution is 1.95. The molecule has 0 aliphatic carbocycles. The van der Waals surface area contributed by atoms with E-state index in [1.165, 1.54) is 0 Å². The zero-order chi connectivity index (χ0) is 10.6. The minimum atomic E-state index is 0.0828. The van der Waals surface area contributed by atoms with E-state index in [0.717, 1.165) is 19.4 Å². The van der Waals surface area contributed by atoms with Crippen LogP contribution in [0.1, 0.15) is 26.2 Å². The van der Waals surface area contributed by atoms with E-state index in [9.17, 15) is 0 Å². The monoisotopic (exact) mass is 200 g/mol. The molecule has 0 rings (SSSR count). The fraction of sp³-hybridized carbons (Fsp3) is 0.900. The van der Waals surface area contributed by atoms with Crippen molar-refractivity contribution in [2.45, 2.75) is 32.2 Å². The largest absolute Gasteiger partial charge is 0.394 e. The number of rotatable bonds is 9. The summed E-state index contributed by atoms with van der Waals surface area (Å²) in [4.78, 5) is 0. The number of aliphatic hydroxyl groups is 1. The summed E-state index contributed by atoms with van der Waals surface area (Å²) in [6.07, 6.45) is 2.46. The summed E-state index contributed by atoms with van der Waals surface area (Å²) >= 11 is 0. The minimum absolute atomic E-state index is 0.0828. The molecule has 0 bridgehead atoms. The zero-order valence-corrected chi connectivity index (χ0v) is 8.83. The van der Waals surface area contributed by atoms with Crippen LogP contribution >= 0.6 is 0 Å². The van der Waals surface area contributed by atoms with Gasteiger partial charge in [0.1, 0.15) is 0 Å². The quantitative estimate of drug-likeness (QED) is 0.537. The topological polar surface area (TPSA) is 65.3 Å². The van der Waals surface area contributed by atoms with Crippen molar-refractivity contribution >= 4 is 0 Å². The second kappa shape index (κ2) is 10.5. The predicted molar refractivity (Wildman–Crippen MR) is 54.8 cm³/mol. The molecule has 2 N–H and O–H groups in total. The van der Waals surface area contributed by atoms with Crippen LogP contribution in [0.15, 0.2) is 0 Å². The molecule has 82 valence electrons. The van der Waals surface area contributed by atoms with Crippen LogP contribution in [0, 0.1) is 11.3 Å². The van der Waals surface area contributed by atoms with Crippen LogP contribution in [0.2, 0.25) is 0 Å². The van der Waals surface area contributed by atoms with Crippen molar-refractivity contribution in [1.82, 2.24) is 5.32 Å². The fourth-order valence-corrected chi connectivity index (χ4v) is 1.12. The van der Waals surface area contributed by atoms with Crippen molar-refractivity contribution in [1.29, 1.82) is 5.26 Å². The highest BCUT2D eigenvalue weighted by Gasteiger charge is 2.02. The van der Waals surface area contributed by atoms with Gasteiger partial charge >= 0.3 is 0 Å². The maximum Gasteiger partial charge on any atom is 0.0697 e. The first-order valence-corrected chi connectivity index (χ1v) is 5.14. The Hall–Kier alpha value is -0.630. The molecular formula is C10H20N2O2. The maximum atomic E-state index is 8.50. The molecule has 0 aliphatic heterocycles. The Bertz CT molecular complexity index is 157. The molecule has 0 amide bonds. The smallest absolute Gasteiger partial charge is 0.0697 e. The van der Waals surface area contributed by atoms with Crippen LogP contribution in [0.5, 0.6) is 0 Å². The molecule has 14 heavy (non-hydrogen) atoms. The zero-order valence-electron chi connectivity index (χ0n) is 8.83. The first-order valence-electron chi connectivity index (χ1n) is 5.14. The lowest BCUT2D eigenvalue weighted by Crippen LogP contribution is -2.29. The van der Waals surface area contributed by atoms with Gasteiger partial charge in [0.05, 0.1) is 25.7 Å². The third-order valence-electron chi connectivity index (χ3n) is 1.96. The molecule has 0 aliphatic rings. The molecule has 0 aromatic heterocycles. The number of hydrogen-bond donors (Lipinski definition) is 2. The average molecular weight is 200 g/mol. The van der Waals surface area contributed by atoms with E-state index >= 15 is 0 Å². The first-order chi connectivity index (χ1) is 6.85. The van der Waals surface area contributed by atoms with Crippen LogP contribution in [-0.4, -0.2) is 37.5 Å². The van der Waals surface area contributed by atoms with Crippen LogP contribution in [0.25, 0.3) is 0 Å². The van der Waals surface area contributed by atoms with Gasteiger partial charge in [-0.05, 0) is 19.4 Å². The molecule has 1 atom stereocenters. The number of hydrogen-bond acceptors (Lipinski definition) is 4. The molecule has 0 spiro atoms. The minimum Gasteiger partial charge on any atom is -0.394 e. The van der Waals surface area contributed by atoms with Crippen LogP contribution in [0.4, 0.5) is 0 Å². The van der Waals surface area contributed by atoms with Crippen molar-refractivity contribution in [3.63, 3.8) is 0 Å². The van der Waals surface area contributed by atoms with Gasteiger partial charge in [0.2, 0.25) is 0 Å². The third-order valence-corrected chi connectivity index (χ3v) is 1.96. The van der Waals surface area contributed by atoms with Gasteiger partial charge in [-0.2, -0.15) is 5.26 Å². The number of nitrogens with one attached hydrogen (secondary N) is 1. The molecule has 4 nitrogen and oxygen atoms in total. The Morgan fingerprint density at radius 1 is 1.50 bits per heavy atom. The normalized spacial score (nSPS) is 12.4. The van der Waals surface area contributed by atoms with E-state index in [1.54, 1.807) is 0 Å². The number of nitriles is 1. The van der Waals surface area contributed by atoms with Crippen LogP contribution in [-0.2, 0) is 4.74 Å². The lowest BCUT2D eigenvalue weighted by atomic mass is 10.1. The Kier molecular flexibility index (Phi) is 9.98. The molecule has 0 heterocycles. The molecular weight excluding hydrogens is 180 g/mol. The second-order valence-electron chi connectivity index (χ2n) is 3.11. The lowest BCUT2D eigenvalue weighted by molar-refractivity contribution is 0.0904. The van der Waals surface area contributed by atoms with Gasteiger partial charge in [0.15, 0.2) is 0 Å². The maximum absolute atomic E-state index is 8.50. The summed E-state index contributed by atoms with van der Waals surface area (Å²) < 4.78 is 5.10. The van der Waals surface area contributed by atoms with Crippen molar-refractivity contribution in [2.75, 3.05) is 26.4 Å². The fourth-order valence-electron chi connectivity index (χ4n) is 1.12. The lowest BCUT2D eigenvalue weighted by Gasteiger charge is -2.12. The Morgan fingerprint density at radius 2 is 2.29 bits per heavy atom. The highest BCUT2D eigenvalue weighted by molar-refractivity contribution is 4.79. The standard InChI is InChI=1S/C10H20N2O2/c1-2-10(4-5-11)12-6-3-8-14-9-7-13/h10,12-13H,2-4,6-9H2,1H3. The molecule has 0 aromatic rings. The van der Waals surface area contributed by atoms with Crippen LogP contribution < -0.4 is 5.32 Å². The summed E-state index contributed by atoms with van der Waals surface area (Å²) in [5, 5.41) is 20.2. The number of aliphatic hydroxyl groups excluding tert-OH is 1. The molecule has 0 aromatic carbocycles. The van der Waals surface area contributed by atoms with E-state index in [2.05, 4.69) is 18.3 Å². The molecule has 0 saturated heterocycles. The van der Waals surface area contributed by atoms with Crippen molar-refractivity contribution in [3.05, 3.63) is 0 Å². The molecule has 0 fully saturated rings. The summed E-state index contributed by atoms with van der Waals surface area (Å²) in [6.45, 7) is 4.09. The van der Waals surface area contributed by atoms with E-state index in [1.807, 2.05) is 0 Å².